The van der Waals surface area contributed by atoms with Gasteiger partial charge in [-0.05, 0) is 6.07 Å². The Kier molecular flexibility index (Phi) is 4.76. The average Bonchev–Trinajstić information content (AvgIpc) is 2.69. The van der Waals surface area contributed by atoms with Gasteiger partial charge in [-0.3, -0.25) is 0 Å². The highest BCUT2D eigenvalue weighted by molar-refractivity contribution is 5.50. The van der Waals surface area contributed by atoms with Crippen molar-refractivity contribution in [2.24, 2.45) is 0 Å². The Morgan fingerprint density at radius 3 is 2.48 bits per heavy atom. The maximum absolute atomic E-state index is 14.1. The predicted molar refractivity (Wildman–Crippen MR) is 92.4 cm³/mol. The van der Waals surface area contributed by atoms with Crippen LogP contribution >= 0.6 is 0 Å². The molecule has 3 heterocycles. The van der Waals surface area contributed by atoms with Gasteiger partial charge in [-0.2, -0.15) is 0 Å². The van der Waals surface area contributed by atoms with Crippen LogP contribution in [0.4, 0.5) is 16.0 Å². The molecule has 2 aromatic rings. The summed E-state index contributed by atoms with van der Waals surface area (Å²) in [6, 6.07) is 8.77. The number of anilines is 2. The van der Waals surface area contributed by atoms with Gasteiger partial charge >= 0.3 is 0 Å². The first-order valence-electron chi connectivity index (χ1n) is 8.57. The Labute approximate surface area is 146 Å². The van der Waals surface area contributed by atoms with Crippen LogP contribution in [0.25, 0.3) is 0 Å². The predicted octanol–water partition coefficient (Wildman–Crippen LogP) is 2.03. The Morgan fingerprint density at radius 1 is 0.960 bits per heavy atom. The lowest BCUT2D eigenvalue weighted by molar-refractivity contribution is 0.0372. The maximum atomic E-state index is 14.1. The van der Waals surface area contributed by atoms with E-state index in [2.05, 4.69) is 19.8 Å². The topological polar surface area (TPSA) is 50.7 Å². The van der Waals surface area contributed by atoms with E-state index >= 15 is 0 Å². The molecule has 7 heteroatoms. The van der Waals surface area contributed by atoms with Gasteiger partial charge in [0.05, 0.1) is 19.8 Å². The molecular formula is C18H21FN4O2. The molecule has 2 aliphatic heterocycles. The van der Waals surface area contributed by atoms with Crippen molar-refractivity contribution < 1.29 is 13.9 Å². The zero-order valence-corrected chi connectivity index (χ0v) is 14.0. The van der Waals surface area contributed by atoms with Crippen LogP contribution in [0.5, 0.6) is 0 Å². The minimum atomic E-state index is -0.295. The molecule has 0 saturated carbocycles. The van der Waals surface area contributed by atoms with E-state index in [0.29, 0.717) is 31.9 Å². The van der Waals surface area contributed by atoms with Crippen LogP contribution in [0, 0.1) is 5.82 Å². The molecule has 0 spiro atoms. The number of nitrogens with zero attached hydrogens (tertiary/aromatic N) is 4. The first kappa shape index (κ1) is 16.2. The number of halogens is 1. The highest BCUT2D eigenvalue weighted by Crippen LogP contribution is 2.28. The first-order chi connectivity index (χ1) is 12.3. The number of morpholine rings is 2. The Morgan fingerprint density at radius 2 is 1.68 bits per heavy atom. The smallest absolute Gasteiger partial charge is 0.134 e. The van der Waals surface area contributed by atoms with Crippen molar-refractivity contribution in [3.05, 3.63) is 48.0 Å². The number of hydrogen-bond acceptors (Lipinski definition) is 6. The molecule has 0 aliphatic carbocycles. The second kappa shape index (κ2) is 7.33. The van der Waals surface area contributed by atoms with E-state index in [4.69, 9.17) is 9.47 Å². The molecule has 1 unspecified atom stereocenters. The summed E-state index contributed by atoms with van der Waals surface area (Å²) in [7, 11) is 0. The zero-order chi connectivity index (χ0) is 17.1. The summed E-state index contributed by atoms with van der Waals surface area (Å²) >= 11 is 0. The van der Waals surface area contributed by atoms with Crippen LogP contribution in [0.15, 0.2) is 36.7 Å². The van der Waals surface area contributed by atoms with Crippen molar-refractivity contribution >= 4 is 11.6 Å². The SMILES string of the molecule is Fc1ccccc1C1CN(c2cc(N3CCOCC3)ncn2)CCO1. The van der Waals surface area contributed by atoms with E-state index < -0.39 is 0 Å². The van der Waals surface area contributed by atoms with E-state index in [-0.39, 0.29) is 11.9 Å². The molecule has 1 aromatic heterocycles. The third-order valence-corrected chi connectivity index (χ3v) is 4.62. The molecule has 0 N–H and O–H groups in total. The van der Waals surface area contributed by atoms with Gasteiger partial charge in [0.2, 0.25) is 0 Å². The molecule has 0 amide bonds. The monoisotopic (exact) mass is 344 g/mol. The Balaban J connectivity index is 1.52. The summed E-state index contributed by atoms with van der Waals surface area (Å²) < 4.78 is 25.3. The summed E-state index contributed by atoms with van der Waals surface area (Å²) in [5, 5.41) is 0. The molecule has 6 nitrogen and oxygen atoms in total. The fourth-order valence-corrected chi connectivity index (χ4v) is 3.26. The molecule has 2 aliphatic rings. The van der Waals surface area contributed by atoms with E-state index in [9.17, 15) is 4.39 Å². The number of ether oxygens (including phenoxy) is 2. The van der Waals surface area contributed by atoms with Crippen molar-refractivity contribution in [1.82, 2.24) is 9.97 Å². The normalized spacial score (nSPS) is 21.4. The number of benzene rings is 1. The molecule has 1 atom stereocenters. The van der Waals surface area contributed by atoms with Gasteiger partial charge in [0.1, 0.15) is 29.9 Å². The van der Waals surface area contributed by atoms with Gasteiger partial charge < -0.3 is 19.3 Å². The number of hydrogen-bond donors (Lipinski definition) is 0. The second-order valence-corrected chi connectivity index (χ2v) is 6.16. The van der Waals surface area contributed by atoms with Gasteiger partial charge in [0.15, 0.2) is 0 Å². The summed E-state index contributed by atoms with van der Waals surface area (Å²) in [6.07, 6.45) is 1.30. The molecule has 1 aromatic carbocycles. The van der Waals surface area contributed by atoms with Crippen molar-refractivity contribution in [2.45, 2.75) is 6.10 Å². The lowest BCUT2D eigenvalue weighted by Gasteiger charge is -2.34. The molecule has 2 saturated heterocycles. The van der Waals surface area contributed by atoms with Crippen molar-refractivity contribution in [2.75, 3.05) is 55.8 Å². The second-order valence-electron chi connectivity index (χ2n) is 6.16. The Hall–Kier alpha value is -2.25. The standard InChI is InChI=1S/C18H21FN4O2/c19-15-4-2-1-3-14(15)16-12-23(7-10-25-16)18-11-17(20-13-21-18)22-5-8-24-9-6-22/h1-4,11,13,16H,5-10,12H2. The Bertz CT molecular complexity index is 724. The van der Waals surface area contributed by atoms with Crippen LogP contribution in [0.3, 0.4) is 0 Å². The molecule has 2 fully saturated rings. The van der Waals surface area contributed by atoms with Crippen LogP contribution in [-0.2, 0) is 9.47 Å². The van der Waals surface area contributed by atoms with Crippen LogP contribution in [0.1, 0.15) is 11.7 Å². The van der Waals surface area contributed by atoms with E-state index in [1.54, 1.807) is 18.5 Å². The molecular weight excluding hydrogens is 323 g/mol. The summed E-state index contributed by atoms with van der Waals surface area (Å²) in [5.74, 6) is 1.52. The molecule has 132 valence electrons. The minimum Gasteiger partial charge on any atom is -0.378 e. The van der Waals surface area contributed by atoms with Crippen LogP contribution < -0.4 is 9.80 Å². The third-order valence-electron chi connectivity index (χ3n) is 4.62. The van der Waals surface area contributed by atoms with Crippen molar-refractivity contribution in [3.63, 3.8) is 0 Å². The highest BCUT2D eigenvalue weighted by atomic mass is 19.1. The fourth-order valence-electron chi connectivity index (χ4n) is 3.26. The summed E-state index contributed by atoms with van der Waals surface area (Å²) in [5.41, 5.74) is 0.592. The molecule has 0 radical (unpaired) electrons. The van der Waals surface area contributed by atoms with E-state index in [0.717, 1.165) is 31.3 Å². The van der Waals surface area contributed by atoms with Gasteiger partial charge in [-0.25, -0.2) is 14.4 Å². The summed E-state index contributed by atoms with van der Waals surface area (Å²) in [4.78, 5) is 13.1. The van der Waals surface area contributed by atoms with E-state index in [1.165, 1.54) is 6.07 Å². The third kappa shape index (κ3) is 3.57. The van der Waals surface area contributed by atoms with Gasteiger partial charge in [0.25, 0.3) is 0 Å². The molecule has 25 heavy (non-hydrogen) atoms. The van der Waals surface area contributed by atoms with Crippen LogP contribution in [0.2, 0.25) is 0 Å². The van der Waals surface area contributed by atoms with Crippen LogP contribution in [-0.4, -0.2) is 56.0 Å². The summed E-state index contributed by atoms with van der Waals surface area (Å²) in [6.45, 7) is 4.92. The van der Waals surface area contributed by atoms with Crippen molar-refractivity contribution in [1.29, 1.82) is 0 Å². The lowest BCUT2D eigenvalue weighted by atomic mass is 10.1. The maximum Gasteiger partial charge on any atom is 0.134 e. The average molecular weight is 344 g/mol. The fraction of sp³-hybridized carbons (Fsp3) is 0.444. The number of rotatable bonds is 3. The van der Waals surface area contributed by atoms with E-state index in [1.807, 2.05) is 12.1 Å². The molecule has 0 bridgehead atoms. The quantitative estimate of drug-likeness (QED) is 0.849. The van der Waals surface area contributed by atoms with Crippen molar-refractivity contribution in [3.8, 4) is 0 Å². The van der Waals surface area contributed by atoms with Gasteiger partial charge in [-0.1, -0.05) is 18.2 Å². The zero-order valence-electron chi connectivity index (χ0n) is 14.0. The largest absolute Gasteiger partial charge is 0.378 e. The van der Waals surface area contributed by atoms with Gasteiger partial charge in [-0.15, -0.1) is 0 Å². The number of aromatic nitrogens is 2. The minimum absolute atomic E-state index is 0.231. The molecule has 4 rings (SSSR count). The lowest BCUT2D eigenvalue weighted by Crippen LogP contribution is -2.40. The highest BCUT2D eigenvalue weighted by Gasteiger charge is 2.25. The first-order valence-corrected chi connectivity index (χ1v) is 8.57. The van der Waals surface area contributed by atoms with Gasteiger partial charge in [0, 0.05) is 37.8 Å².